The molecule has 1 unspecified atom stereocenters. The lowest BCUT2D eigenvalue weighted by atomic mass is 9.77. The zero-order valence-corrected chi connectivity index (χ0v) is 22.5. The molecule has 0 radical (unpaired) electrons. The predicted octanol–water partition coefficient (Wildman–Crippen LogP) is 8.80. The Hall–Kier alpha value is -3.47. The Morgan fingerprint density at radius 3 is 2.63 bits per heavy atom. The number of anilines is 1. The molecule has 4 nitrogen and oxygen atoms in total. The van der Waals surface area contributed by atoms with Gasteiger partial charge in [0.15, 0.2) is 17.3 Å². The van der Waals surface area contributed by atoms with Crippen molar-refractivity contribution < 1.29 is 14.3 Å². The highest BCUT2D eigenvalue weighted by Crippen LogP contribution is 2.48. The van der Waals surface area contributed by atoms with Crippen LogP contribution in [0.4, 0.5) is 5.69 Å². The number of carbonyl (C=O) groups is 1. The summed E-state index contributed by atoms with van der Waals surface area (Å²) in [5.41, 5.74) is 6.03. The average Bonchev–Trinajstić information content (AvgIpc) is 2.93. The van der Waals surface area contributed by atoms with Crippen LogP contribution in [0.2, 0.25) is 10.0 Å². The van der Waals surface area contributed by atoms with Crippen molar-refractivity contribution in [2.45, 2.75) is 38.8 Å². The number of benzene rings is 4. The number of hydrogen-bond acceptors (Lipinski definition) is 4. The Balaban J connectivity index is 1.39. The van der Waals surface area contributed by atoms with E-state index < -0.39 is 0 Å². The Bertz CT molecular complexity index is 1590. The van der Waals surface area contributed by atoms with Gasteiger partial charge in [0, 0.05) is 38.6 Å². The third kappa shape index (κ3) is 4.53. The van der Waals surface area contributed by atoms with Crippen molar-refractivity contribution in [1.82, 2.24) is 0 Å². The van der Waals surface area contributed by atoms with Gasteiger partial charge in [0.05, 0.1) is 18.3 Å². The van der Waals surface area contributed by atoms with E-state index in [0.29, 0.717) is 34.6 Å². The second kappa shape index (κ2) is 10.4. The van der Waals surface area contributed by atoms with E-state index in [-0.39, 0.29) is 18.4 Å². The van der Waals surface area contributed by atoms with Crippen LogP contribution in [-0.2, 0) is 11.4 Å². The van der Waals surface area contributed by atoms with Gasteiger partial charge in [-0.15, -0.1) is 0 Å². The fraction of sp³-hybridized carbons (Fsp3) is 0.219. The molecule has 0 fully saturated rings. The molecule has 1 atom stereocenters. The number of nitrogens with one attached hydrogen (secondary N) is 1. The van der Waals surface area contributed by atoms with Crippen molar-refractivity contribution >= 4 is 51.0 Å². The van der Waals surface area contributed by atoms with E-state index in [4.69, 9.17) is 32.7 Å². The Labute approximate surface area is 232 Å². The first-order chi connectivity index (χ1) is 18.5. The molecule has 2 aliphatic rings. The summed E-state index contributed by atoms with van der Waals surface area (Å²) in [5.74, 6) is 1.46. The topological polar surface area (TPSA) is 47.6 Å². The number of fused-ring (bicyclic) bond motifs is 4. The molecular weight excluding hydrogens is 517 g/mol. The van der Waals surface area contributed by atoms with Crippen LogP contribution in [0.15, 0.2) is 78.4 Å². The Kier molecular flexibility index (Phi) is 6.77. The van der Waals surface area contributed by atoms with E-state index in [2.05, 4.69) is 35.6 Å². The van der Waals surface area contributed by atoms with Gasteiger partial charge in [0.1, 0.15) is 6.61 Å². The number of carbonyl (C=O) groups excluding carboxylic acids is 1. The fourth-order valence-electron chi connectivity index (χ4n) is 5.51. The minimum Gasteiger partial charge on any atom is -0.490 e. The second-order valence-corrected chi connectivity index (χ2v) is 10.5. The first-order valence-corrected chi connectivity index (χ1v) is 13.7. The van der Waals surface area contributed by atoms with Crippen LogP contribution in [0.5, 0.6) is 11.5 Å². The Morgan fingerprint density at radius 2 is 1.79 bits per heavy atom. The summed E-state index contributed by atoms with van der Waals surface area (Å²) in [6.07, 6.45) is 2.34. The lowest BCUT2D eigenvalue weighted by Crippen LogP contribution is -2.27. The van der Waals surface area contributed by atoms with Gasteiger partial charge in [-0.25, -0.2) is 0 Å². The maximum atomic E-state index is 13.3. The van der Waals surface area contributed by atoms with Crippen molar-refractivity contribution in [2.75, 3.05) is 11.9 Å². The predicted molar refractivity (Wildman–Crippen MR) is 154 cm³/mol. The minimum absolute atomic E-state index is 0.207. The monoisotopic (exact) mass is 543 g/mol. The van der Waals surface area contributed by atoms with Gasteiger partial charge < -0.3 is 14.8 Å². The number of allylic oxidation sites excluding steroid dienone is 1. The first kappa shape index (κ1) is 24.8. The summed E-state index contributed by atoms with van der Waals surface area (Å²) in [6, 6.07) is 23.7. The summed E-state index contributed by atoms with van der Waals surface area (Å²) in [7, 11) is 0. The SMILES string of the molecule is CCOc1cc(C2Nc3c(ccc4ccccc34)C3=C2C(=O)CCC3)ccc1OCc1ccc(Cl)cc1Cl. The van der Waals surface area contributed by atoms with Crippen molar-refractivity contribution in [3.8, 4) is 11.5 Å². The first-order valence-electron chi connectivity index (χ1n) is 12.9. The molecule has 4 aromatic carbocycles. The zero-order chi connectivity index (χ0) is 26.2. The van der Waals surface area contributed by atoms with Crippen LogP contribution in [0.1, 0.15) is 48.9 Å². The lowest BCUT2D eigenvalue weighted by Gasteiger charge is -2.35. The van der Waals surface area contributed by atoms with E-state index in [1.165, 1.54) is 5.39 Å². The van der Waals surface area contributed by atoms with Crippen molar-refractivity contribution in [3.05, 3.63) is 105 Å². The molecule has 38 heavy (non-hydrogen) atoms. The van der Waals surface area contributed by atoms with Crippen LogP contribution in [0.3, 0.4) is 0 Å². The quantitative estimate of drug-likeness (QED) is 0.264. The lowest BCUT2D eigenvalue weighted by molar-refractivity contribution is -0.116. The van der Waals surface area contributed by atoms with E-state index in [1.54, 1.807) is 12.1 Å². The maximum absolute atomic E-state index is 13.3. The third-order valence-corrected chi connectivity index (χ3v) is 7.87. The van der Waals surface area contributed by atoms with Crippen LogP contribution in [0.25, 0.3) is 16.3 Å². The van der Waals surface area contributed by atoms with Crippen LogP contribution in [0, 0.1) is 0 Å². The van der Waals surface area contributed by atoms with Crippen molar-refractivity contribution in [3.63, 3.8) is 0 Å². The highest BCUT2D eigenvalue weighted by Gasteiger charge is 2.35. The number of ketones is 1. The highest BCUT2D eigenvalue weighted by molar-refractivity contribution is 6.35. The van der Waals surface area contributed by atoms with E-state index in [9.17, 15) is 4.79 Å². The van der Waals surface area contributed by atoms with Gasteiger partial charge in [-0.3, -0.25) is 4.79 Å². The van der Waals surface area contributed by atoms with Crippen LogP contribution >= 0.6 is 23.2 Å². The van der Waals surface area contributed by atoms with E-state index in [1.807, 2.05) is 37.3 Å². The Morgan fingerprint density at radius 1 is 0.921 bits per heavy atom. The molecule has 192 valence electrons. The summed E-state index contributed by atoms with van der Waals surface area (Å²) in [5, 5.41) is 7.20. The summed E-state index contributed by atoms with van der Waals surface area (Å²) < 4.78 is 12.1. The van der Waals surface area contributed by atoms with Crippen molar-refractivity contribution in [1.29, 1.82) is 0 Å². The standard InChI is InChI=1S/C32H27Cl2NO3/c1-2-37-29-16-20(12-15-28(29)38-18-21-10-13-22(33)17-26(21)34)31-30-24(8-5-9-27(30)36)25-14-11-19-6-3-4-7-23(19)32(25)35-31/h3-4,6-7,10-17,31,35H,2,5,8-9,18H2,1H3. The number of ether oxygens (including phenoxy) is 2. The molecule has 1 heterocycles. The number of Topliss-reactive ketones (excluding diaryl/α,β-unsaturated/α-hetero) is 1. The molecular formula is C32H27Cl2NO3. The summed E-state index contributed by atoms with van der Waals surface area (Å²) in [6.45, 7) is 2.71. The van der Waals surface area contributed by atoms with Crippen LogP contribution < -0.4 is 14.8 Å². The molecule has 1 aliphatic heterocycles. The molecule has 0 bridgehead atoms. The van der Waals surface area contributed by atoms with Gasteiger partial charge in [-0.05, 0) is 60.6 Å². The molecule has 6 heteroatoms. The highest BCUT2D eigenvalue weighted by atomic mass is 35.5. The second-order valence-electron chi connectivity index (χ2n) is 9.62. The molecule has 0 saturated carbocycles. The van der Waals surface area contributed by atoms with Gasteiger partial charge in [-0.2, -0.15) is 0 Å². The summed E-state index contributed by atoms with van der Waals surface area (Å²) in [4.78, 5) is 13.3. The normalized spacial score (nSPS) is 16.6. The molecule has 4 aromatic rings. The van der Waals surface area contributed by atoms with Gasteiger partial charge in [0.2, 0.25) is 0 Å². The summed E-state index contributed by atoms with van der Waals surface area (Å²) >= 11 is 12.4. The number of hydrogen-bond donors (Lipinski definition) is 1. The smallest absolute Gasteiger partial charge is 0.161 e. The van der Waals surface area contributed by atoms with E-state index >= 15 is 0 Å². The van der Waals surface area contributed by atoms with E-state index in [0.717, 1.165) is 51.8 Å². The third-order valence-electron chi connectivity index (χ3n) is 7.29. The van der Waals surface area contributed by atoms with Gasteiger partial charge >= 0.3 is 0 Å². The number of halogens is 2. The molecule has 0 saturated heterocycles. The molecule has 1 aliphatic carbocycles. The molecule has 0 spiro atoms. The molecule has 1 N–H and O–H groups in total. The van der Waals surface area contributed by atoms with Crippen molar-refractivity contribution in [2.24, 2.45) is 0 Å². The largest absolute Gasteiger partial charge is 0.490 e. The van der Waals surface area contributed by atoms with Crippen LogP contribution in [-0.4, -0.2) is 12.4 Å². The average molecular weight is 544 g/mol. The molecule has 0 amide bonds. The molecule has 6 rings (SSSR count). The maximum Gasteiger partial charge on any atom is 0.161 e. The van der Waals surface area contributed by atoms with Gasteiger partial charge in [0.25, 0.3) is 0 Å². The number of rotatable bonds is 6. The minimum atomic E-state index is -0.268. The van der Waals surface area contributed by atoms with Gasteiger partial charge in [-0.1, -0.05) is 71.7 Å². The fourth-order valence-corrected chi connectivity index (χ4v) is 5.97. The zero-order valence-electron chi connectivity index (χ0n) is 21.0. The molecule has 0 aromatic heterocycles.